The molecule has 154 valence electrons. The SMILES string of the molecule is Cc1cc(NS(=O)(=O)c2ccc(NS(=O)(=O)c3cnn(C)c3C)cc2)nc(C)n1. The number of hydrogen-bond acceptors (Lipinski definition) is 7. The lowest BCUT2D eigenvalue weighted by Gasteiger charge is -2.10. The van der Waals surface area contributed by atoms with E-state index in [0.29, 0.717) is 17.2 Å². The first-order valence-electron chi connectivity index (χ1n) is 8.44. The third-order valence-corrected chi connectivity index (χ3v) is 6.96. The molecule has 0 spiro atoms. The maximum absolute atomic E-state index is 12.6. The van der Waals surface area contributed by atoms with Crippen LogP contribution in [-0.4, -0.2) is 36.6 Å². The van der Waals surface area contributed by atoms with Crippen LogP contribution >= 0.6 is 0 Å². The molecule has 0 radical (unpaired) electrons. The predicted molar refractivity (Wildman–Crippen MR) is 108 cm³/mol. The number of aromatic nitrogens is 4. The lowest BCUT2D eigenvalue weighted by atomic mass is 10.3. The molecule has 0 saturated heterocycles. The molecular formula is C17H20N6O4S2. The monoisotopic (exact) mass is 436 g/mol. The average Bonchev–Trinajstić information content (AvgIpc) is 2.93. The van der Waals surface area contributed by atoms with E-state index < -0.39 is 20.0 Å². The van der Waals surface area contributed by atoms with Crippen LogP contribution in [0, 0.1) is 20.8 Å². The summed E-state index contributed by atoms with van der Waals surface area (Å²) in [6.45, 7) is 5.03. The topological polar surface area (TPSA) is 136 Å². The first-order chi connectivity index (χ1) is 13.5. The number of aryl methyl sites for hydroxylation is 3. The summed E-state index contributed by atoms with van der Waals surface area (Å²) >= 11 is 0. The van der Waals surface area contributed by atoms with Crippen LogP contribution in [0.25, 0.3) is 0 Å². The van der Waals surface area contributed by atoms with Gasteiger partial charge in [-0.15, -0.1) is 0 Å². The third-order valence-electron chi connectivity index (χ3n) is 4.10. The number of benzene rings is 1. The summed E-state index contributed by atoms with van der Waals surface area (Å²) in [6.07, 6.45) is 1.26. The van der Waals surface area contributed by atoms with Crippen LogP contribution in [0.4, 0.5) is 11.5 Å². The molecule has 2 heterocycles. The Morgan fingerprint density at radius 1 is 0.897 bits per heavy atom. The van der Waals surface area contributed by atoms with E-state index in [0.717, 1.165) is 0 Å². The van der Waals surface area contributed by atoms with Crippen molar-refractivity contribution in [1.29, 1.82) is 0 Å². The van der Waals surface area contributed by atoms with Crippen LogP contribution < -0.4 is 9.44 Å². The van der Waals surface area contributed by atoms with Gasteiger partial charge in [0, 0.05) is 24.5 Å². The molecule has 0 atom stereocenters. The molecule has 1 aromatic carbocycles. The van der Waals surface area contributed by atoms with Gasteiger partial charge in [-0.1, -0.05) is 0 Å². The second-order valence-electron chi connectivity index (χ2n) is 6.39. The summed E-state index contributed by atoms with van der Waals surface area (Å²) in [5, 5.41) is 3.92. The van der Waals surface area contributed by atoms with Crippen LogP contribution in [0.1, 0.15) is 17.2 Å². The summed E-state index contributed by atoms with van der Waals surface area (Å²) in [4.78, 5) is 8.17. The van der Waals surface area contributed by atoms with Gasteiger partial charge in [-0.25, -0.2) is 26.8 Å². The zero-order chi connectivity index (χ0) is 21.4. The Kier molecular flexibility index (Phi) is 5.32. The molecule has 0 aliphatic rings. The lowest BCUT2D eigenvalue weighted by molar-refractivity contribution is 0.599. The zero-order valence-corrected chi connectivity index (χ0v) is 17.8. The van der Waals surface area contributed by atoms with E-state index in [1.165, 1.54) is 41.2 Å². The van der Waals surface area contributed by atoms with E-state index in [4.69, 9.17) is 0 Å². The highest BCUT2D eigenvalue weighted by Crippen LogP contribution is 2.21. The van der Waals surface area contributed by atoms with E-state index in [2.05, 4.69) is 24.5 Å². The normalized spacial score (nSPS) is 12.0. The Hall–Kier alpha value is -2.99. The molecular weight excluding hydrogens is 416 g/mol. The summed E-state index contributed by atoms with van der Waals surface area (Å²) < 4.78 is 56.4. The molecule has 0 saturated carbocycles. The van der Waals surface area contributed by atoms with Crippen LogP contribution in [0.3, 0.4) is 0 Å². The Bertz CT molecular complexity index is 1250. The largest absolute Gasteiger partial charge is 0.280 e. The van der Waals surface area contributed by atoms with Gasteiger partial charge in [-0.2, -0.15) is 5.10 Å². The first kappa shape index (κ1) is 20.7. The van der Waals surface area contributed by atoms with Crippen molar-refractivity contribution >= 4 is 31.6 Å². The van der Waals surface area contributed by atoms with Crippen LogP contribution in [0.5, 0.6) is 0 Å². The highest BCUT2D eigenvalue weighted by Gasteiger charge is 2.21. The maximum atomic E-state index is 12.6. The Labute approximate surface area is 169 Å². The first-order valence-corrected chi connectivity index (χ1v) is 11.4. The molecule has 0 unspecified atom stereocenters. The summed E-state index contributed by atoms with van der Waals surface area (Å²) in [7, 11) is -6.10. The minimum absolute atomic E-state index is 0.0353. The van der Waals surface area contributed by atoms with Gasteiger partial charge < -0.3 is 0 Å². The van der Waals surface area contributed by atoms with Crippen molar-refractivity contribution < 1.29 is 16.8 Å². The van der Waals surface area contributed by atoms with Gasteiger partial charge in [0.25, 0.3) is 20.0 Å². The molecule has 2 N–H and O–H groups in total. The average molecular weight is 437 g/mol. The van der Waals surface area contributed by atoms with E-state index in [1.807, 2.05) is 0 Å². The summed E-state index contributed by atoms with van der Waals surface area (Å²) in [5.41, 5.74) is 1.34. The number of rotatable bonds is 6. The molecule has 10 nitrogen and oxygen atoms in total. The minimum atomic E-state index is -3.89. The van der Waals surface area contributed by atoms with E-state index in [-0.39, 0.29) is 21.3 Å². The lowest BCUT2D eigenvalue weighted by Crippen LogP contribution is -2.16. The van der Waals surface area contributed by atoms with Gasteiger partial charge in [0.15, 0.2) is 0 Å². The highest BCUT2D eigenvalue weighted by atomic mass is 32.2. The fraction of sp³-hybridized carbons (Fsp3) is 0.235. The molecule has 3 rings (SSSR count). The standard InChI is InChI=1S/C17H20N6O4S2/c1-11-9-17(20-13(3)19-11)22-28(24,25)15-7-5-14(6-8-15)21-29(26,27)16-10-18-23(4)12(16)2/h5-10,21H,1-4H3,(H,19,20,22). The Morgan fingerprint density at radius 2 is 1.55 bits per heavy atom. The fourth-order valence-corrected chi connectivity index (χ4v) is 4.88. The second kappa shape index (κ2) is 7.44. The number of sulfonamides is 2. The highest BCUT2D eigenvalue weighted by molar-refractivity contribution is 7.93. The molecule has 29 heavy (non-hydrogen) atoms. The van der Waals surface area contributed by atoms with Crippen LogP contribution in [0.15, 0.2) is 46.3 Å². The molecule has 2 aromatic heterocycles. The fourth-order valence-electron chi connectivity index (χ4n) is 2.62. The number of nitrogens with one attached hydrogen (secondary N) is 2. The predicted octanol–water partition coefficient (Wildman–Crippen LogP) is 1.74. The quantitative estimate of drug-likeness (QED) is 0.600. The molecule has 3 aromatic rings. The van der Waals surface area contributed by atoms with Crippen molar-refractivity contribution in [2.45, 2.75) is 30.6 Å². The molecule has 0 bridgehead atoms. The van der Waals surface area contributed by atoms with Gasteiger partial charge in [0.05, 0.1) is 16.8 Å². The number of nitrogens with zero attached hydrogens (tertiary/aromatic N) is 4. The van der Waals surface area contributed by atoms with Gasteiger partial charge >= 0.3 is 0 Å². The molecule has 12 heteroatoms. The van der Waals surface area contributed by atoms with E-state index in [1.54, 1.807) is 27.8 Å². The van der Waals surface area contributed by atoms with E-state index in [9.17, 15) is 16.8 Å². The van der Waals surface area contributed by atoms with Crippen LogP contribution in [0.2, 0.25) is 0 Å². The van der Waals surface area contributed by atoms with Crippen LogP contribution in [-0.2, 0) is 27.1 Å². The molecule has 0 amide bonds. The third kappa shape index (κ3) is 4.54. The Morgan fingerprint density at radius 3 is 2.10 bits per heavy atom. The van der Waals surface area contributed by atoms with Crippen molar-refractivity contribution in [2.75, 3.05) is 9.44 Å². The molecule has 0 aliphatic heterocycles. The van der Waals surface area contributed by atoms with Crippen molar-refractivity contribution in [3.05, 3.63) is 53.7 Å². The molecule has 0 fully saturated rings. The second-order valence-corrected chi connectivity index (χ2v) is 9.73. The number of hydrogen-bond donors (Lipinski definition) is 2. The van der Waals surface area contributed by atoms with Crippen molar-refractivity contribution in [1.82, 2.24) is 19.7 Å². The minimum Gasteiger partial charge on any atom is -0.280 e. The molecule has 0 aliphatic carbocycles. The Balaban J connectivity index is 1.81. The smallest absolute Gasteiger partial charge is 0.265 e. The summed E-state index contributed by atoms with van der Waals surface area (Å²) in [5.74, 6) is 0.602. The summed E-state index contributed by atoms with van der Waals surface area (Å²) in [6, 6.07) is 6.86. The van der Waals surface area contributed by atoms with Gasteiger partial charge in [0.1, 0.15) is 16.5 Å². The van der Waals surface area contributed by atoms with Crippen molar-refractivity contribution in [3.63, 3.8) is 0 Å². The van der Waals surface area contributed by atoms with E-state index >= 15 is 0 Å². The number of anilines is 2. The van der Waals surface area contributed by atoms with Gasteiger partial charge in [-0.05, 0) is 45.0 Å². The van der Waals surface area contributed by atoms with Crippen molar-refractivity contribution in [2.24, 2.45) is 7.05 Å². The van der Waals surface area contributed by atoms with Gasteiger partial charge in [0.2, 0.25) is 0 Å². The zero-order valence-electron chi connectivity index (χ0n) is 16.2. The maximum Gasteiger partial charge on any atom is 0.265 e. The van der Waals surface area contributed by atoms with Gasteiger partial charge in [-0.3, -0.25) is 14.1 Å². The van der Waals surface area contributed by atoms with Crippen molar-refractivity contribution in [3.8, 4) is 0 Å².